The van der Waals surface area contributed by atoms with Gasteiger partial charge in [0.1, 0.15) is 18.3 Å². The fraction of sp³-hybridized carbons (Fsp3) is 0.211. The van der Waals surface area contributed by atoms with E-state index in [9.17, 15) is 14.4 Å². The summed E-state index contributed by atoms with van der Waals surface area (Å²) in [6.07, 6.45) is 0. The molecule has 0 aliphatic heterocycles. The maximum atomic E-state index is 15.1. The number of aromatic nitrogens is 1. The third-order valence-electron chi connectivity index (χ3n) is 4.16. The third kappa shape index (κ3) is 2.80. The highest BCUT2D eigenvalue weighted by Gasteiger charge is 2.26. The molecule has 26 heavy (non-hydrogen) atoms. The number of nitrogens with zero attached hydrogens (tertiary/aromatic N) is 3. The molecule has 1 aromatic heterocycles. The van der Waals surface area contributed by atoms with Gasteiger partial charge in [-0.2, -0.15) is 5.26 Å². The molecule has 0 aliphatic carbocycles. The van der Waals surface area contributed by atoms with E-state index in [0.29, 0.717) is 11.1 Å². The molecule has 2 aromatic carbocycles. The highest BCUT2D eigenvalue weighted by atomic mass is 19.1. The topological polar surface area (TPSA) is 70.1 Å². The number of rotatable bonds is 4. The first-order valence-corrected chi connectivity index (χ1v) is 7.89. The Bertz CT molecular complexity index is 1020. The van der Waals surface area contributed by atoms with E-state index in [4.69, 9.17) is 4.42 Å². The zero-order valence-corrected chi connectivity index (χ0v) is 14.2. The fourth-order valence-electron chi connectivity index (χ4n) is 2.79. The van der Waals surface area contributed by atoms with Crippen LogP contribution >= 0.6 is 0 Å². The Morgan fingerprint density at radius 1 is 1.35 bits per heavy atom. The van der Waals surface area contributed by atoms with Crippen LogP contribution in [0.25, 0.3) is 22.2 Å². The largest absolute Gasteiger partial charge is 0.429 e. The fourth-order valence-corrected chi connectivity index (χ4v) is 2.79. The number of fused-ring (bicyclic) bond motifs is 1. The summed E-state index contributed by atoms with van der Waals surface area (Å²) in [5, 5.41) is 9.52. The molecular formula is C19H15F2N3O2. The number of carbonyl (C=O) groups excluding carboxylic acids is 1. The van der Waals surface area contributed by atoms with Crippen molar-refractivity contribution in [2.75, 3.05) is 20.3 Å². The summed E-state index contributed by atoms with van der Waals surface area (Å²) in [5.74, 6) is -1.75. The van der Waals surface area contributed by atoms with Crippen molar-refractivity contribution >= 4 is 17.0 Å². The molecular weight excluding hydrogens is 340 g/mol. The molecule has 0 unspecified atom stereocenters. The number of alkyl halides is 1. The summed E-state index contributed by atoms with van der Waals surface area (Å²) >= 11 is 0. The Labute approximate surface area is 148 Å². The van der Waals surface area contributed by atoms with Gasteiger partial charge in [0.25, 0.3) is 5.89 Å². The molecule has 0 spiro atoms. The molecule has 0 saturated carbocycles. The van der Waals surface area contributed by atoms with E-state index in [-0.39, 0.29) is 34.7 Å². The lowest BCUT2D eigenvalue weighted by molar-refractivity contribution is 0.0749. The zero-order chi connectivity index (χ0) is 18.8. The van der Waals surface area contributed by atoms with Crippen LogP contribution in [0.5, 0.6) is 0 Å². The van der Waals surface area contributed by atoms with E-state index in [0.717, 1.165) is 4.90 Å². The van der Waals surface area contributed by atoms with Gasteiger partial charge in [-0.25, -0.2) is 13.8 Å². The van der Waals surface area contributed by atoms with Gasteiger partial charge < -0.3 is 9.32 Å². The minimum absolute atomic E-state index is 0.0146. The average molecular weight is 355 g/mol. The second-order valence-corrected chi connectivity index (χ2v) is 5.78. The summed E-state index contributed by atoms with van der Waals surface area (Å²) < 4.78 is 32.9. The number of halogens is 2. The zero-order valence-electron chi connectivity index (χ0n) is 14.2. The predicted octanol–water partition coefficient (Wildman–Crippen LogP) is 3.86. The smallest absolute Gasteiger partial charge is 0.309 e. The number of oxazole rings is 1. The molecule has 7 heteroatoms. The van der Waals surface area contributed by atoms with Gasteiger partial charge in [0.2, 0.25) is 0 Å². The van der Waals surface area contributed by atoms with Crippen molar-refractivity contribution in [3.8, 4) is 17.2 Å². The highest BCUT2D eigenvalue weighted by Crippen LogP contribution is 2.35. The average Bonchev–Trinajstić information content (AvgIpc) is 3.08. The van der Waals surface area contributed by atoms with Crippen LogP contribution < -0.4 is 0 Å². The SMILES string of the molecule is Cc1c(-c2ccccc2)c(F)c2oc(C(=O)N(C)CCF)nc2c1C#N. The number of carbonyl (C=O) groups is 1. The van der Waals surface area contributed by atoms with Crippen LogP contribution in [-0.2, 0) is 0 Å². The van der Waals surface area contributed by atoms with E-state index in [1.807, 2.05) is 6.07 Å². The van der Waals surface area contributed by atoms with E-state index in [1.165, 1.54) is 7.05 Å². The Morgan fingerprint density at radius 2 is 2.04 bits per heavy atom. The molecule has 1 amide bonds. The molecule has 0 atom stereocenters. The van der Waals surface area contributed by atoms with E-state index in [2.05, 4.69) is 4.98 Å². The first kappa shape index (κ1) is 17.5. The Morgan fingerprint density at radius 3 is 2.65 bits per heavy atom. The number of hydrogen-bond donors (Lipinski definition) is 0. The van der Waals surface area contributed by atoms with Crippen molar-refractivity contribution in [3.05, 3.63) is 53.2 Å². The molecule has 0 saturated heterocycles. The van der Waals surface area contributed by atoms with Crippen LogP contribution in [0, 0.1) is 24.1 Å². The minimum atomic E-state index is -0.725. The van der Waals surface area contributed by atoms with E-state index in [1.54, 1.807) is 37.3 Å². The number of amides is 1. The maximum Gasteiger partial charge on any atom is 0.309 e. The van der Waals surface area contributed by atoms with Gasteiger partial charge in [0, 0.05) is 19.2 Å². The van der Waals surface area contributed by atoms with Crippen molar-refractivity contribution in [2.45, 2.75) is 6.92 Å². The van der Waals surface area contributed by atoms with E-state index >= 15 is 4.39 Å². The molecule has 0 aliphatic rings. The van der Waals surface area contributed by atoms with Crippen LogP contribution in [0.15, 0.2) is 34.7 Å². The quantitative estimate of drug-likeness (QED) is 0.713. The van der Waals surface area contributed by atoms with Gasteiger partial charge in [0.05, 0.1) is 5.56 Å². The summed E-state index contributed by atoms with van der Waals surface area (Å²) in [6.45, 7) is 0.756. The lowest BCUT2D eigenvalue weighted by Gasteiger charge is -2.11. The first-order chi connectivity index (χ1) is 12.5. The van der Waals surface area contributed by atoms with Crippen LogP contribution in [0.1, 0.15) is 21.8 Å². The standard InChI is InChI=1S/C19H15F2N3O2/c1-11-13(10-22)16-17(15(21)14(11)12-6-4-3-5-7-12)26-18(23-16)19(25)24(2)9-8-20/h3-7H,8-9H2,1-2H3. The predicted molar refractivity (Wildman–Crippen MR) is 91.8 cm³/mol. The van der Waals surface area contributed by atoms with Gasteiger partial charge in [-0.3, -0.25) is 4.79 Å². The monoisotopic (exact) mass is 355 g/mol. The molecule has 132 valence electrons. The van der Waals surface area contributed by atoms with Crippen molar-refractivity contribution in [1.82, 2.24) is 9.88 Å². The Kier molecular flexibility index (Phi) is 4.67. The van der Waals surface area contributed by atoms with Crippen LogP contribution in [0.4, 0.5) is 8.78 Å². The third-order valence-corrected chi connectivity index (χ3v) is 4.16. The lowest BCUT2D eigenvalue weighted by Crippen LogP contribution is -2.28. The molecule has 0 radical (unpaired) electrons. The summed E-state index contributed by atoms with van der Waals surface area (Å²) in [6, 6.07) is 10.8. The Hall–Kier alpha value is -3.27. The second kappa shape index (κ2) is 6.92. The van der Waals surface area contributed by atoms with Crippen molar-refractivity contribution in [1.29, 1.82) is 5.26 Å². The van der Waals surface area contributed by atoms with E-state index < -0.39 is 18.4 Å². The molecule has 5 nitrogen and oxygen atoms in total. The van der Waals surface area contributed by atoms with Crippen molar-refractivity contribution in [2.24, 2.45) is 0 Å². The van der Waals surface area contributed by atoms with Gasteiger partial charge in [-0.05, 0) is 18.1 Å². The molecule has 1 heterocycles. The summed E-state index contributed by atoms with van der Waals surface area (Å²) in [5.41, 5.74) is 1.08. The van der Waals surface area contributed by atoms with Crippen molar-refractivity contribution in [3.63, 3.8) is 0 Å². The van der Waals surface area contributed by atoms with Crippen LogP contribution in [0.3, 0.4) is 0 Å². The molecule has 3 rings (SSSR count). The van der Waals surface area contributed by atoms with Gasteiger partial charge in [0.15, 0.2) is 11.4 Å². The molecule has 0 fully saturated rings. The molecule has 0 bridgehead atoms. The number of benzene rings is 2. The summed E-state index contributed by atoms with van der Waals surface area (Å²) in [7, 11) is 1.39. The highest BCUT2D eigenvalue weighted by molar-refractivity contribution is 5.95. The second-order valence-electron chi connectivity index (χ2n) is 5.78. The van der Waals surface area contributed by atoms with Crippen molar-refractivity contribution < 1.29 is 18.0 Å². The van der Waals surface area contributed by atoms with Gasteiger partial charge in [-0.1, -0.05) is 30.3 Å². The minimum Gasteiger partial charge on any atom is -0.429 e. The van der Waals surface area contributed by atoms with Crippen LogP contribution in [0.2, 0.25) is 0 Å². The normalized spacial score (nSPS) is 10.7. The first-order valence-electron chi connectivity index (χ1n) is 7.89. The summed E-state index contributed by atoms with van der Waals surface area (Å²) in [4.78, 5) is 17.3. The van der Waals surface area contributed by atoms with Gasteiger partial charge in [-0.15, -0.1) is 0 Å². The number of hydrogen-bond acceptors (Lipinski definition) is 4. The number of nitriles is 1. The maximum absolute atomic E-state index is 15.1. The lowest BCUT2D eigenvalue weighted by atomic mass is 9.95. The molecule has 0 N–H and O–H groups in total. The van der Waals surface area contributed by atoms with Gasteiger partial charge >= 0.3 is 5.91 Å². The van der Waals surface area contributed by atoms with Crippen LogP contribution in [-0.4, -0.2) is 36.1 Å². The molecule has 3 aromatic rings. The Balaban J connectivity index is 2.25.